The molecule has 0 radical (unpaired) electrons. The molecule has 0 spiro atoms. The molecule has 2 rings (SSSR count). The molecule has 0 saturated heterocycles. The summed E-state index contributed by atoms with van der Waals surface area (Å²) in [5.41, 5.74) is 2.73. The molecule has 0 heterocycles. The number of anilines is 2. The van der Waals surface area contributed by atoms with Crippen molar-refractivity contribution in [3.8, 4) is 5.75 Å². The summed E-state index contributed by atoms with van der Waals surface area (Å²) in [4.78, 5) is 24.1. The van der Waals surface area contributed by atoms with Gasteiger partial charge in [0.2, 0.25) is 0 Å². The van der Waals surface area contributed by atoms with Crippen LogP contribution in [0.4, 0.5) is 16.2 Å². The first-order chi connectivity index (χ1) is 11.9. The summed E-state index contributed by atoms with van der Waals surface area (Å²) in [6, 6.07) is 11.9. The Hall–Kier alpha value is -3.02. The molecule has 3 amide bonds. The lowest BCUT2D eigenvalue weighted by atomic mass is 10.2. The molecule has 6 heteroatoms. The van der Waals surface area contributed by atoms with Gasteiger partial charge in [0.1, 0.15) is 5.75 Å². The minimum atomic E-state index is -0.386. The van der Waals surface area contributed by atoms with E-state index in [2.05, 4.69) is 16.0 Å². The van der Waals surface area contributed by atoms with Crippen molar-refractivity contribution in [3.63, 3.8) is 0 Å². The molecule has 0 atom stereocenters. The normalized spacial score (nSPS) is 10.3. The van der Waals surface area contributed by atoms with Gasteiger partial charge in [-0.1, -0.05) is 6.07 Å². The molecule has 6 nitrogen and oxygen atoms in total. The van der Waals surface area contributed by atoms with Crippen molar-refractivity contribution in [1.29, 1.82) is 0 Å². The number of ether oxygens (including phenoxy) is 1. The van der Waals surface area contributed by atoms with E-state index >= 15 is 0 Å². The number of benzene rings is 2. The fraction of sp³-hybridized carbons (Fsp3) is 0.263. The maximum Gasteiger partial charge on any atom is 0.323 e. The van der Waals surface area contributed by atoms with Gasteiger partial charge < -0.3 is 20.7 Å². The van der Waals surface area contributed by atoms with Crippen LogP contribution in [0, 0.1) is 6.92 Å². The number of carbonyl (C=O) groups excluding carboxylic acids is 2. The highest BCUT2D eigenvalue weighted by atomic mass is 16.5. The summed E-state index contributed by atoms with van der Waals surface area (Å²) in [5.74, 6) is 0.442. The summed E-state index contributed by atoms with van der Waals surface area (Å²) in [6.45, 7) is 5.74. The number of nitrogens with one attached hydrogen (secondary N) is 3. The first-order valence-corrected chi connectivity index (χ1v) is 8.02. The Morgan fingerprint density at radius 2 is 1.68 bits per heavy atom. The van der Waals surface area contributed by atoms with Crippen LogP contribution in [0.2, 0.25) is 0 Å². The first kappa shape index (κ1) is 18.3. The molecule has 0 aromatic heterocycles. The maximum absolute atomic E-state index is 12.2. The molecule has 0 aliphatic heterocycles. The van der Waals surface area contributed by atoms with Crippen molar-refractivity contribution in [1.82, 2.24) is 5.32 Å². The van der Waals surface area contributed by atoms with Crippen LogP contribution in [0.15, 0.2) is 42.5 Å². The van der Waals surface area contributed by atoms with Gasteiger partial charge in [-0.25, -0.2) is 4.79 Å². The molecule has 3 N–H and O–H groups in total. The number of hydrogen-bond donors (Lipinski definition) is 3. The SMILES string of the molecule is COc1ccc(C)cc1NC(=O)Nc1ccc(C(=O)NC(C)C)cc1. The van der Waals surface area contributed by atoms with Crippen LogP contribution in [-0.2, 0) is 0 Å². The Balaban J connectivity index is 2.01. The predicted octanol–water partition coefficient (Wildman–Crippen LogP) is 3.79. The highest BCUT2D eigenvalue weighted by Crippen LogP contribution is 2.25. The topological polar surface area (TPSA) is 79.5 Å². The van der Waals surface area contributed by atoms with Gasteiger partial charge in [-0.05, 0) is 62.7 Å². The summed E-state index contributed by atoms with van der Waals surface area (Å²) in [5, 5.41) is 8.31. The monoisotopic (exact) mass is 341 g/mol. The smallest absolute Gasteiger partial charge is 0.323 e. The molecule has 0 aliphatic rings. The second kappa shape index (κ2) is 8.19. The number of urea groups is 1. The van der Waals surface area contributed by atoms with Gasteiger partial charge in [-0.3, -0.25) is 4.79 Å². The van der Waals surface area contributed by atoms with Crippen LogP contribution >= 0.6 is 0 Å². The average molecular weight is 341 g/mol. The standard InChI is InChI=1S/C19H23N3O3/c1-12(2)20-18(23)14-6-8-15(9-7-14)21-19(24)22-16-11-13(3)5-10-17(16)25-4/h5-12H,1-4H3,(H,20,23)(H2,21,22,24). The molecule has 0 saturated carbocycles. The third kappa shape index (κ3) is 5.24. The Morgan fingerprint density at radius 3 is 2.28 bits per heavy atom. The van der Waals surface area contributed by atoms with E-state index in [1.165, 1.54) is 0 Å². The zero-order valence-electron chi connectivity index (χ0n) is 14.8. The van der Waals surface area contributed by atoms with Crippen molar-refractivity contribution < 1.29 is 14.3 Å². The van der Waals surface area contributed by atoms with Gasteiger partial charge in [0, 0.05) is 17.3 Å². The summed E-state index contributed by atoms with van der Waals surface area (Å²) in [6.07, 6.45) is 0. The summed E-state index contributed by atoms with van der Waals surface area (Å²) in [7, 11) is 1.55. The molecule has 2 aromatic rings. The average Bonchev–Trinajstić information content (AvgIpc) is 2.55. The van der Waals surface area contributed by atoms with Crippen molar-refractivity contribution in [2.24, 2.45) is 0 Å². The molecule has 0 aliphatic carbocycles. The molecule has 0 bridgehead atoms. The molecule has 132 valence electrons. The van der Waals surface area contributed by atoms with Crippen molar-refractivity contribution in [2.45, 2.75) is 26.8 Å². The lowest BCUT2D eigenvalue weighted by Crippen LogP contribution is -2.30. The molecular weight excluding hydrogens is 318 g/mol. The van der Waals surface area contributed by atoms with Gasteiger partial charge in [0.15, 0.2) is 0 Å². The van der Waals surface area contributed by atoms with Crippen LogP contribution in [-0.4, -0.2) is 25.1 Å². The second-order valence-corrected chi connectivity index (χ2v) is 5.99. The lowest BCUT2D eigenvalue weighted by molar-refractivity contribution is 0.0943. The van der Waals surface area contributed by atoms with Gasteiger partial charge >= 0.3 is 6.03 Å². The van der Waals surface area contributed by atoms with E-state index in [4.69, 9.17) is 4.74 Å². The fourth-order valence-corrected chi connectivity index (χ4v) is 2.25. The van der Waals surface area contributed by atoms with Crippen LogP contribution < -0.4 is 20.7 Å². The third-order valence-electron chi connectivity index (χ3n) is 3.43. The fourth-order valence-electron chi connectivity index (χ4n) is 2.25. The zero-order chi connectivity index (χ0) is 18.4. The number of hydrogen-bond acceptors (Lipinski definition) is 3. The first-order valence-electron chi connectivity index (χ1n) is 8.02. The van der Waals surface area contributed by atoms with Crippen LogP contribution in [0.1, 0.15) is 29.8 Å². The molecular formula is C19H23N3O3. The highest BCUT2D eigenvalue weighted by molar-refractivity contribution is 6.01. The molecule has 25 heavy (non-hydrogen) atoms. The van der Waals surface area contributed by atoms with Crippen LogP contribution in [0.5, 0.6) is 5.75 Å². The number of aryl methyl sites for hydroxylation is 1. The highest BCUT2D eigenvalue weighted by Gasteiger charge is 2.10. The molecule has 2 aromatic carbocycles. The van der Waals surface area contributed by atoms with E-state index in [9.17, 15) is 9.59 Å². The van der Waals surface area contributed by atoms with Crippen LogP contribution in [0.3, 0.4) is 0 Å². The Morgan fingerprint density at radius 1 is 1.00 bits per heavy atom. The molecule has 0 fully saturated rings. The Labute approximate surface area is 147 Å². The summed E-state index contributed by atoms with van der Waals surface area (Å²) < 4.78 is 5.24. The minimum Gasteiger partial charge on any atom is -0.495 e. The van der Waals surface area contributed by atoms with E-state index in [-0.39, 0.29) is 18.0 Å². The van der Waals surface area contributed by atoms with Gasteiger partial charge in [-0.15, -0.1) is 0 Å². The molecule has 0 unspecified atom stereocenters. The van der Waals surface area contributed by atoms with Gasteiger partial charge in [-0.2, -0.15) is 0 Å². The lowest BCUT2D eigenvalue weighted by Gasteiger charge is -2.12. The summed E-state index contributed by atoms with van der Waals surface area (Å²) >= 11 is 0. The van der Waals surface area contributed by atoms with Gasteiger partial charge in [0.05, 0.1) is 12.8 Å². The Bertz CT molecular complexity index is 755. The van der Waals surface area contributed by atoms with E-state index in [0.717, 1.165) is 5.56 Å². The number of carbonyl (C=O) groups is 2. The van der Waals surface area contributed by atoms with E-state index in [0.29, 0.717) is 22.7 Å². The quantitative estimate of drug-likeness (QED) is 0.774. The van der Waals surface area contributed by atoms with Gasteiger partial charge in [0.25, 0.3) is 5.91 Å². The Kier molecular flexibility index (Phi) is 6.00. The van der Waals surface area contributed by atoms with Crippen molar-refractivity contribution in [3.05, 3.63) is 53.6 Å². The van der Waals surface area contributed by atoms with Crippen molar-refractivity contribution >= 4 is 23.3 Å². The predicted molar refractivity (Wildman–Crippen MR) is 99.4 cm³/mol. The third-order valence-corrected chi connectivity index (χ3v) is 3.43. The second-order valence-electron chi connectivity index (χ2n) is 5.99. The van der Waals surface area contributed by atoms with E-state index in [1.807, 2.05) is 32.9 Å². The van der Waals surface area contributed by atoms with Crippen LogP contribution in [0.25, 0.3) is 0 Å². The maximum atomic E-state index is 12.2. The van der Waals surface area contributed by atoms with E-state index in [1.54, 1.807) is 37.4 Å². The number of rotatable bonds is 5. The number of methoxy groups -OCH3 is 1. The largest absolute Gasteiger partial charge is 0.495 e. The zero-order valence-corrected chi connectivity index (χ0v) is 14.8. The minimum absolute atomic E-state index is 0.0698. The number of amides is 3. The van der Waals surface area contributed by atoms with E-state index < -0.39 is 0 Å². The van der Waals surface area contributed by atoms with Crippen molar-refractivity contribution in [2.75, 3.05) is 17.7 Å².